The molecule has 2 aliphatic rings. The number of nitrogens with zero attached hydrogens (tertiary/aromatic N) is 2. The number of benzene rings is 2. The summed E-state index contributed by atoms with van der Waals surface area (Å²) in [5, 5.41) is 5.62. The molecule has 1 saturated heterocycles. The molecule has 2 atom stereocenters. The number of ether oxygens (including phenoxy) is 2. The van der Waals surface area contributed by atoms with Gasteiger partial charge in [0.05, 0.1) is 36.7 Å². The van der Waals surface area contributed by atoms with E-state index in [-0.39, 0.29) is 45.5 Å². The van der Waals surface area contributed by atoms with Crippen molar-refractivity contribution in [3.63, 3.8) is 0 Å². The summed E-state index contributed by atoms with van der Waals surface area (Å²) in [4.78, 5) is 65.9. The van der Waals surface area contributed by atoms with Crippen LogP contribution in [0.5, 0.6) is 0 Å². The zero-order valence-corrected chi connectivity index (χ0v) is 26.5. The number of fused-ring (bicyclic) bond motifs is 4. The predicted octanol–water partition coefficient (Wildman–Crippen LogP) is 4.91. The number of anilines is 3. The van der Waals surface area contributed by atoms with Gasteiger partial charge in [-0.25, -0.2) is 9.59 Å². The Bertz CT molecular complexity index is 1900. The summed E-state index contributed by atoms with van der Waals surface area (Å²) in [6.07, 6.45) is 0.945. The first-order valence-electron chi connectivity index (χ1n) is 14.4. The molecule has 0 aliphatic carbocycles. The highest BCUT2D eigenvalue weighted by atomic mass is 79.9. The average Bonchev–Trinajstić information content (AvgIpc) is 3.50. The monoisotopic (exact) mass is 688 g/mol. The van der Waals surface area contributed by atoms with E-state index in [4.69, 9.17) is 13.9 Å². The van der Waals surface area contributed by atoms with Crippen molar-refractivity contribution in [3.05, 3.63) is 110 Å². The fourth-order valence-electron chi connectivity index (χ4n) is 6.14. The minimum Gasteiger partial charge on any atom is -0.465 e. The first-order valence-corrected chi connectivity index (χ1v) is 15.2. The summed E-state index contributed by atoms with van der Waals surface area (Å²) in [5.41, 5.74) is 2.53. The molecule has 1 fully saturated rings. The summed E-state index contributed by atoms with van der Waals surface area (Å²) in [7, 11) is 2.41. The quantitative estimate of drug-likeness (QED) is 0.258. The van der Waals surface area contributed by atoms with E-state index in [1.165, 1.54) is 38.5 Å². The molecule has 236 valence electrons. The highest BCUT2D eigenvalue weighted by Gasteiger charge is 2.35. The highest BCUT2D eigenvalue weighted by Crippen LogP contribution is 2.39. The number of esters is 2. The largest absolute Gasteiger partial charge is 0.465 e. The maximum atomic E-state index is 13.5. The Hall–Kier alpha value is -5.17. The second-order valence-electron chi connectivity index (χ2n) is 11.1. The topological polar surface area (TPSA) is 149 Å². The van der Waals surface area contributed by atoms with Gasteiger partial charge in [-0.1, -0.05) is 6.07 Å². The van der Waals surface area contributed by atoms with E-state index in [0.717, 1.165) is 12.1 Å². The van der Waals surface area contributed by atoms with Crippen LogP contribution in [0.25, 0.3) is 0 Å². The van der Waals surface area contributed by atoms with Crippen molar-refractivity contribution in [1.29, 1.82) is 0 Å². The third-order valence-electron chi connectivity index (χ3n) is 8.16. The normalized spacial score (nSPS) is 16.6. The molecule has 6 rings (SSSR count). The van der Waals surface area contributed by atoms with Crippen LogP contribution >= 0.6 is 15.9 Å². The molecule has 0 spiro atoms. The summed E-state index contributed by atoms with van der Waals surface area (Å²) >= 11 is 3.22. The third kappa shape index (κ3) is 6.18. The van der Waals surface area contributed by atoms with Gasteiger partial charge in [0.15, 0.2) is 10.4 Å². The molecule has 2 N–H and O–H groups in total. The van der Waals surface area contributed by atoms with Gasteiger partial charge in [0.2, 0.25) is 0 Å². The van der Waals surface area contributed by atoms with Crippen molar-refractivity contribution >= 4 is 56.7 Å². The van der Waals surface area contributed by atoms with E-state index in [0.29, 0.717) is 35.7 Å². The number of pyridine rings is 1. The molecule has 2 aliphatic heterocycles. The van der Waals surface area contributed by atoms with E-state index in [9.17, 15) is 24.0 Å². The van der Waals surface area contributed by atoms with Crippen LogP contribution in [-0.4, -0.2) is 55.6 Å². The standard InChI is InChI=1S/C33H29BrN4O8/c1-44-32(42)20-11-21(33(43)45-2)13-23(12-20)35-30(40)19-6-7-26(24(14-19)36-31(41)27-8-9-28(34)46-27)37-15-18-10-22(17-37)25-4-3-5-29(39)38(25)16-18/h3-9,11-14,18,22H,10,15-17H2,1-2H3,(H,35,40)(H,36,41)/t18-,22+/m1/s1. The molecule has 13 heteroatoms. The predicted molar refractivity (Wildman–Crippen MR) is 172 cm³/mol. The average molecular weight is 690 g/mol. The number of furan rings is 1. The number of rotatable bonds is 7. The van der Waals surface area contributed by atoms with Gasteiger partial charge in [-0.05, 0) is 82.9 Å². The van der Waals surface area contributed by atoms with Crippen molar-refractivity contribution in [1.82, 2.24) is 4.57 Å². The number of aromatic nitrogens is 1. The molecule has 0 radical (unpaired) electrons. The van der Waals surface area contributed by atoms with E-state index in [1.54, 1.807) is 36.4 Å². The second kappa shape index (κ2) is 12.7. The molecule has 4 heterocycles. The van der Waals surface area contributed by atoms with Crippen LogP contribution in [0.2, 0.25) is 0 Å². The molecular formula is C33H29BrN4O8. The second-order valence-corrected chi connectivity index (χ2v) is 11.9. The van der Waals surface area contributed by atoms with E-state index in [2.05, 4.69) is 31.5 Å². The lowest BCUT2D eigenvalue weighted by molar-refractivity contribution is 0.0598. The van der Waals surface area contributed by atoms with Gasteiger partial charge in [0, 0.05) is 48.6 Å². The molecule has 12 nitrogen and oxygen atoms in total. The summed E-state index contributed by atoms with van der Waals surface area (Å²) in [5.74, 6) is -2.05. The highest BCUT2D eigenvalue weighted by molar-refractivity contribution is 9.10. The fourth-order valence-corrected chi connectivity index (χ4v) is 6.45. The molecule has 4 aromatic rings. The summed E-state index contributed by atoms with van der Waals surface area (Å²) in [6, 6.07) is 17.5. The SMILES string of the molecule is COC(=O)c1cc(NC(=O)c2ccc(N3C[C@H]4C[C@@H](C3)c3cccc(=O)n3C4)c(NC(=O)c3ccc(Br)o3)c2)cc(C(=O)OC)c1. The fraction of sp³-hybridized carbons (Fsp3) is 0.242. The molecule has 2 amide bonds. The van der Waals surface area contributed by atoms with Crippen LogP contribution in [0, 0.1) is 5.92 Å². The van der Waals surface area contributed by atoms with Crippen molar-refractivity contribution in [2.24, 2.45) is 5.92 Å². The van der Waals surface area contributed by atoms with Gasteiger partial charge in [-0.3, -0.25) is 14.4 Å². The molecule has 0 unspecified atom stereocenters. The number of hydrogen-bond donors (Lipinski definition) is 2. The van der Waals surface area contributed by atoms with Crippen LogP contribution in [0.1, 0.15) is 59.7 Å². The Morgan fingerprint density at radius 3 is 2.24 bits per heavy atom. The van der Waals surface area contributed by atoms with Crippen LogP contribution in [-0.2, 0) is 16.0 Å². The number of amides is 2. The number of carbonyl (C=O) groups excluding carboxylic acids is 4. The van der Waals surface area contributed by atoms with Crippen LogP contribution in [0.15, 0.2) is 80.6 Å². The lowest BCUT2D eigenvalue weighted by Crippen LogP contribution is -2.47. The summed E-state index contributed by atoms with van der Waals surface area (Å²) in [6.45, 7) is 1.86. The number of methoxy groups -OCH3 is 2. The number of halogens is 1. The third-order valence-corrected chi connectivity index (χ3v) is 8.58. The number of nitrogens with one attached hydrogen (secondary N) is 2. The Morgan fingerprint density at radius 2 is 1.57 bits per heavy atom. The molecule has 2 aromatic carbocycles. The minimum atomic E-state index is -0.695. The summed E-state index contributed by atoms with van der Waals surface area (Å²) < 4.78 is 17.3. The van der Waals surface area contributed by atoms with Crippen LogP contribution in [0.3, 0.4) is 0 Å². The van der Waals surface area contributed by atoms with Gasteiger partial charge in [-0.2, -0.15) is 0 Å². The molecule has 46 heavy (non-hydrogen) atoms. The first kappa shape index (κ1) is 30.8. The van der Waals surface area contributed by atoms with Crippen molar-refractivity contribution in [2.45, 2.75) is 18.9 Å². The van der Waals surface area contributed by atoms with Crippen LogP contribution in [0.4, 0.5) is 17.1 Å². The Labute approximate surface area is 271 Å². The molecular weight excluding hydrogens is 660 g/mol. The zero-order valence-electron chi connectivity index (χ0n) is 24.9. The Balaban J connectivity index is 1.33. The van der Waals surface area contributed by atoms with Gasteiger partial charge >= 0.3 is 11.9 Å². The van der Waals surface area contributed by atoms with E-state index < -0.39 is 23.8 Å². The molecule has 2 bridgehead atoms. The lowest BCUT2D eigenvalue weighted by Gasteiger charge is -2.44. The smallest absolute Gasteiger partial charge is 0.337 e. The van der Waals surface area contributed by atoms with E-state index >= 15 is 0 Å². The lowest BCUT2D eigenvalue weighted by atomic mass is 9.83. The maximum Gasteiger partial charge on any atom is 0.337 e. The number of piperidine rings is 1. The number of hydrogen-bond acceptors (Lipinski definition) is 9. The maximum absolute atomic E-state index is 13.5. The molecule has 2 aromatic heterocycles. The Morgan fingerprint density at radius 1 is 0.826 bits per heavy atom. The van der Waals surface area contributed by atoms with Gasteiger partial charge in [-0.15, -0.1) is 0 Å². The van der Waals surface area contributed by atoms with Crippen molar-refractivity contribution in [2.75, 3.05) is 42.8 Å². The van der Waals surface area contributed by atoms with Gasteiger partial charge in [0.1, 0.15) is 0 Å². The Kier molecular flexibility index (Phi) is 8.50. The van der Waals surface area contributed by atoms with Crippen molar-refractivity contribution < 1.29 is 33.1 Å². The van der Waals surface area contributed by atoms with Crippen molar-refractivity contribution in [3.8, 4) is 0 Å². The number of carbonyl (C=O) groups is 4. The van der Waals surface area contributed by atoms with Gasteiger partial charge in [0.25, 0.3) is 17.4 Å². The molecule has 0 saturated carbocycles. The minimum absolute atomic E-state index is 0.00981. The van der Waals surface area contributed by atoms with E-state index in [1.807, 2.05) is 10.6 Å². The first-order chi connectivity index (χ1) is 22.1. The van der Waals surface area contributed by atoms with Crippen LogP contribution < -0.4 is 21.1 Å². The van der Waals surface area contributed by atoms with Gasteiger partial charge < -0.3 is 34.0 Å². The zero-order chi connectivity index (χ0) is 32.5.